The third kappa shape index (κ3) is 3.99. The van der Waals surface area contributed by atoms with Crippen molar-refractivity contribution in [1.82, 2.24) is 4.31 Å². The van der Waals surface area contributed by atoms with Gasteiger partial charge in [0.2, 0.25) is 10.0 Å². The van der Waals surface area contributed by atoms with Gasteiger partial charge in [0.25, 0.3) is 0 Å². The van der Waals surface area contributed by atoms with Gasteiger partial charge in [0, 0.05) is 29.7 Å². The van der Waals surface area contributed by atoms with Gasteiger partial charge >= 0.3 is 6.09 Å². The maximum Gasteiger partial charge on any atom is 0.414 e. The van der Waals surface area contributed by atoms with Crippen molar-refractivity contribution < 1.29 is 17.9 Å². The highest BCUT2D eigenvalue weighted by atomic mass is 35.5. The Balaban J connectivity index is 1.55. The van der Waals surface area contributed by atoms with Gasteiger partial charge in [-0.05, 0) is 43.2 Å². The summed E-state index contributed by atoms with van der Waals surface area (Å²) in [5.74, 6) is 0. The van der Waals surface area contributed by atoms with Crippen LogP contribution in [0.2, 0.25) is 20.1 Å². The van der Waals surface area contributed by atoms with E-state index in [1.807, 2.05) is 0 Å². The van der Waals surface area contributed by atoms with E-state index in [1.165, 1.54) is 16.4 Å². The number of nitrogens with zero attached hydrogens (tertiary/aromatic N) is 2. The summed E-state index contributed by atoms with van der Waals surface area (Å²) in [6.07, 6.45) is 0.434. The summed E-state index contributed by atoms with van der Waals surface area (Å²) in [6.45, 7) is 0.598. The molecule has 11 heteroatoms. The molecule has 160 valence electrons. The number of halogens is 4. The first-order valence-corrected chi connectivity index (χ1v) is 12.0. The second-order valence-corrected chi connectivity index (χ2v) is 10.6. The minimum Gasteiger partial charge on any atom is -0.444 e. The number of ether oxygens (including phenoxy) is 1. The molecule has 1 amide bonds. The molecule has 2 aliphatic heterocycles. The molecule has 0 aliphatic carbocycles. The highest BCUT2D eigenvalue weighted by Gasteiger charge is 2.37. The van der Waals surface area contributed by atoms with Crippen LogP contribution in [0, 0.1) is 0 Å². The normalized spacial score (nSPS) is 18.3. The average Bonchev–Trinajstić information content (AvgIpc) is 2.71. The van der Waals surface area contributed by atoms with Crippen LogP contribution in [0.25, 0.3) is 0 Å². The predicted molar refractivity (Wildman–Crippen MR) is 117 cm³/mol. The molecular formula is C19H16Cl4N2O4S. The minimum atomic E-state index is -3.86. The van der Waals surface area contributed by atoms with E-state index in [2.05, 4.69) is 0 Å². The molecule has 4 rings (SSSR count). The number of hydrogen-bond acceptors (Lipinski definition) is 4. The molecule has 0 aromatic heterocycles. The fourth-order valence-electron chi connectivity index (χ4n) is 3.74. The fourth-order valence-corrected chi connectivity index (χ4v) is 6.38. The van der Waals surface area contributed by atoms with E-state index in [0.717, 1.165) is 11.3 Å². The maximum atomic E-state index is 13.1. The lowest BCUT2D eigenvalue weighted by Crippen LogP contribution is -2.50. The number of anilines is 1. The lowest BCUT2D eigenvalue weighted by Gasteiger charge is -2.39. The van der Waals surface area contributed by atoms with Crippen LogP contribution in [-0.2, 0) is 21.4 Å². The molecule has 0 radical (unpaired) electrons. The topological polar surface area (TPSA) is 66.9 Å². The van der Waals surface area contributed by atoms with Crippen LogP contribution >= 0.6 is 46.4 Å². The van der Waals surface area contributed by atoms with E-state index < -0.39 is 16.1 Å². The Labute approximate surface area is 194 Å². The Bertz CT molecular complexity index is 1120. The van der Waals surface area contributed by atoms with Crippen molar-refractivity contribution in [2.45, 2.75) is 30.4 Å². The van der Waals surface area contributed by atoms with Crippen molar-refractivity contribution >= 4 is 68.2 Å². The van der Waals surface area contributed by atoms with Crippen LogP contribution < -0.4 is 4.90 Å². The van der Waals surface area contributed by atoms with Crippen molar-refractivity contribution in [2.24, 2.45) is 0 Å². The van der Waals surface area contributed by atoms with Gasteiger partial charge in [-0.3, -0.25) is 4.90 Å². The van der Waals surface area contributed by atoms with Crippen molar-refractivity contribution in [1.29, 1.82) is 0 Å². The third-order valence-corrected chi connectivity index (χ3v) is 8.55. The highest BCUT2D eigenvalue weighted by molar-refractivity contribution is 7.89. The Hall–Kier alpha value is -1.22. The van der Waals surface area contributed by atoms with Crippen LogP contribution in [0.1, 0.15) is 18.4 Å². The van der Waals surface area contributed by atoms with Crippen LogP contribution in [-0.4, -0.2) is 37.9 Å². The van der Waals surface area contributed by atoms with Gasteiger partial charge in [0.1, 0.15) is 11.5 Å². The number of hydrogen-bond donors (Lipinski definition) is 0. The molecule has 2 heterocycles. The monoisotopic (exact) mass is 508 g/mol. The fraction of sp³-hybridized carbons (Fsp3) is 0.316. The number of benzene rings is 2. The minimum absolute atomic E-state index is 0.0111. The average molecular weight is 510 g/mol. The quantitative estimate of drug-likeness (QED) is 0.504. The van der Waals surface area contributed by atoms with E-state index in [-0.39, 0.29) is 45.7 Å². The predicted octanol–water partition coefficient (Wildman–Crippen LogP) is 5.61. The molecular weight excluding hydrogens is 494 g/mol. The lowest BCUT2D eigenvalue weighted by atomic mass is 10.0. The molecule has 0 saturated carbocycles. The van der Waals surface area contributed by atoms with Gasteiger partial charge in [0.15, 0.2) is 0 Å². The number of piperidine rings is 1. The molecule has 0 spiro atoms. The van der Waals surface area contributed by atoms with Crippen molar-refractivity contribution in [3.8, 4) is 0 Å². The molecule has 0 atom stereocenters. The Kier molecular flexibility index (Phi) is 6.14. The van der Waals surface area contributed by atoms with E-state index in [1.54, 1.807) is 23.1 Å². The Morgan fingerprint density at radius 2 is 1.60 bits per heavy atom. The second-order valence-electron chi connectivity index (χ2n) is 7.03. The summed E-state index contributed by atoms with van der Waals surface area (Å²) in [4.78, 5) is 13.9. The molecule has 2 aromatic rings. The molecule has 1 fully saturated rings. The van der Waals surface area contributed by atoms with Crippen LogP contribution in [0.4, 0.5) is 10.5 Å². The smallest absolute Gasteiger partial charge is 0.414 e. The molecule has 2 aliphatic rings. The summed E-state index contributed by atoms with van der Waals surface area (Å²) in [5.41, 5.74) is 1.56. The molecule has 30 heavy (non-hydrogen) atoms. The Morgan fingerprint density at radius 1 is 0.933 bits per heavy atom. The first-order chi connectivity index (χ1) is 14.2. The van der Waals surface area contributed by atoms with Gasteiger partial charge in [0.05, 0.1) is 20.8 Å². The van der Waals surface area contributed by atoms with Crippen LogP contribution in [0.5, 0.6) is 0 Å². The number of carbonyl (C=O) groups excluding carboxylic acids is 1. The van der Waals surface area contributed by atoms with Gasteiger partial charge in [-0.1, -0.05) is 46.4 Å². The summed E-state index contributed by atoms with van der Waals surface area (Å²) in [5, 5.41) is 0.866. The molecule has 0 unspecified atom stereocenters. The molecule has 0 N–H and O–H groups in total. The van der Waals surface area contributed by atoms with Gasteiger partial charge in [-0.2, -0.15) is 4.31 Å². The van der Waals surface area contributed by atoms with E-state index in [4.69, 9.17) is 51.1 Å². The first-order valence-electron chi connectivity index (χ1n) is 9.07. The zero-order valence-corrected chi connectivity index (χ0v) is 19.3. The maximum absolute atomic E-state index is 13.1. The molecule has 2 aromatic carbocycles. The second kappa shape index (κ2) is 8.37. The third-order valence-electron chi connectivity index (χ3n) is 5.23. The van der Waals surface area contributed by atoms with Crippen molar-refractivity contribution in [3.05, 3.63) is 56.0 Å². The number of carbonyl (C=O) groups is 1. The molecule has 1 saturated heterocycles. The zero-order chi connectivity index (χ0) is 21.6. The number of amides is 1. The summed E-state index contributed by atoms with van der Waals surface area (Å²) >= 11 is 24.1. The van der Waals surface area contributed by atoms with E-state index >= 15 is 0 Å². The largest absolute Gasteiger partial charge is 0.444 e. The van der Waals surface area contributed by atoms with Crippen LogP contribution in [0.15, 0.2) is 35.2 Å². The standard InChI is InChI=1S/C19H16Cl4N2O4S/c20-12-1-2-17-11(7-12)10-29-19(26)25(17)13-3-5-24(6-4-13)30(27,28)18-9-15(22)14(21)8-16(18)23/h1-2,7-9,13H,3-6,10H2. The Morgan fingerprint density at radius 3 is 2.30 bits per heavy atom. The van der Waals surface area contributed by atoms with Crippen LogP contribution in [0.3, 0.4) is 0 Å². The number of fused-ring (bicyclic) bond motifs is 1. The number of rotatable bonds is 3. The number of cyclic esters (lactones) is 1. The summed E-state index contributed by atoms with van der Waals surface area (Å²) in [7, 11) is -3.86. The SMILES string of the molecule is O=C1OCc2cc(Cl)ccc2N1C1CCN(S(=O)(=O)c2cc(Cl)c(Cl)cc2Cl)CC1. The highest BCUT2D eigenvalue weighted by Crippen LogP contribution is 2.36. The lowest BCUT2D eigenvalue weighted by molar-refractivity contribution is 0.136. The van der Waals surface area contributed by atoms with E-state index in [9.17, 15) is 13.2 Å². The van der Waals surface area contributed by atoms with Crippen molar-refractivity contribution in [3.63, 3.8) is 0 Å². The summed E-state index contributed by atoms with van der Waals surface area (Å²) < 4.78 is 32.8. The van der Waals surface area contributed by atoms with Gasteiger partial charge < -0.3 is 4.74 Å². The van der Waals surface area contributed by atoms with E-state index in [0.29, 0.717) is 17.9 Å². The van der Waals surface area contributed by atoms with Gasteiger partial charge in [-0.25, -0.2) is 13.2 Å². The number of sulfonamides is 1. The molecule has 6 nitrogen and oxygen atoms in total. The first kappa shape index (κ1) is 22.0. The van der Waals surface area contributed by atoms with Gasteiger partial charge in [-0.15, -0.1) is 0 Å². The zero-order valence-electron chi connectivity index (χ0n) is 15.4. The van der Waals surface area contributed by atoms with Crippen molar-refractivity contribution in [2.75, 3.05) is 18.0 Å². The molecule has 0 bridgehead atoms. The summed E-state index contributed by atoms with van der Waals surface area (Å²) in [6, 6.07) is 7.65.